The van der Waals surface area contributed by atoms with Crippen LogP contribution in [0.4, 0.5) is 11.5 Å². The molecule has 1 fully saturated rings. The van der Waals surface area contributed by atoms with Gasteiger partial charge in [0.05, 0.1) is 0 Å². The van der Waals surface area contributed by atoms with Gasteiger partial charge < -0.3 is 10.6 Å². The summed E-state index contributed by atoms with van der Waals surface area (Å²) in [5.74, 6) is 0.637. The van der Waals surface area contributed by atoms with Gasteiger partial charge in [-0.15, -0.1) is 0 Å². The number of hydrogen-bond donors (Lipinski definition) is 1. The quantitative estimate of drug-likeness (QED) is 0.947. The number of nitrogens with zero attached hydrogens (tertiary/aromatic N) is 3. The molecule has 110 valence electrons. The van der Waals surface area contributed by atoms with Gasteiger partial charge in [0, 0.05) is 55.2 Å². The fraction of sp³-hybridized carbons (Fsp3) is 0.312. The zero-order chi connectivity index (χ0) is 14.7. The number of anilines is 2. The molecule has 2 heterocycles. The van der Waals surface area contributed by atoms with Gasteiger partial charge in [0.1, 0.15) is 5.82 Å². The molecule has 0 radical (unpaired) electrons. The van der Waals surface area contributed by atoms with Crippen molar-refractivity contribution >= 4 is 23.1 Å². The first-order chi connectivity index (χ1) is 10.2. The number of nitrogens with two attached hydrogens (primary N) is 1. The lowest BCUT2D eigenvalue weighted by molar-refractivity contribution is 0.250. The van der Waals surface area contributed by atoms with Crippen LogP contribution in [-0.4, -0.2) is 36.1 Å². The highest BCUT2D eigenvalue weighted by molar-refractivity contribution is 6.30. The fourth-order valence-electron chi connectivity index (χ4n) is 2.64. The summed E-state index contributed by atoms with van der Waals surface area (Å²) in [4.78, 5) is 8.95. The van der Waals surface area contributed by atoms with E-state index in [4.69, 9.17) is 17.3 Å². The summed E-state index contributed by atoms with van der Waals surface area (Å²) in [5.41, 5.74) is 8.25. The number of piperazine rings is 1. The first kappa shape index (κ1) is 14.2. The molecule has 0 amide bonds. The maximum Gasteiger partial charge on any atom is 0.127 e. The fourth-order valence-corrected chi connectivity index (χ4v) is 2.77. The molecule has 2 N–H and O–H groups in total. The molecule has 0 unspecified atom stereocenters. The lowest BCUT2D eigenvalue weighted by Gasteiger charge is -2.36. The summed E-state index contributed by atoms with van der Waals surface area (Å²) in [7, 11) is 0. The van der Waals surface area contributed by atoms with Crippen LogP contribution in [0.2, 0.25) is 5.02 Å². The van der Waals surface area contributed by atoms with E-state index in [1.165, 1.54) is 5.69 Å². The molecule has 1 aliphatic heterocycles. The topological polar surface area (TPSA) is 45.4 Å². The van der Waals surface area contributed by atoms with E-state index in [-0.39, 0.29) is 0 Å². The van der Waals surface area contributed by atoms with Crippen LogP contribution < -0.4 is 10.6 Å². The summed E-state index contributed by atoms with van der Waals surface area (Å²) in [6.07, 6.45) is 1.73. The lowest BCUT2D eigenvalue weighted by atomic mass is 10.2. The predicted molar refractivity (Wildman–Crippen MR) is 87.6 cm³/mol. The Morgan fingerprint density at radius 2 is 1.76 bits per heavy atom. The maximum atomic E-state index is 5.93. The number of aromatic nitrogens is 1. The van der Waals surface area contributed by atoms with E-state index in [0.717, 1.165) is 43.3 Å². The van der Waals surface area contributed by atoms with Crippen LogP contribution in [0, 0.1) is 0 Å². The summed E-state index contributed by atoms with van der Waals surface area (Å²) >= 11 is 5.93. The molecule has 1 aromatic carbocycles. The second-order valence-electron chi connectivity index (χ2n) is 5.29. The van der Waals surface area contributed by atoms with Crippen LogP contribution in [0.1, 0.15) is 5.56 Å². The van der Waals surface area contributed by atoms with Crippen molar-refractivity contribution in [1.82, 2.24) is 9.88 Å². The molecule has 5 heteroatoms. The molecule has 0 atom stereocenters. The highest BCUT2D eigenvalue weighted by Gasteiger charge is 2.18. The minimum atomic E-state index is 0.637. The molecule has 0 bridgehead atoms. The number of rotatable bonds is 3. The molecule has 1 aromatic heterocycles. The third-order valence-electron chi connectivity index (χ3n) is 3.88. The molecule has 3 rings (SSSR count). The van der Waals surface area contributed by atoms with Gasteiger partial charge in [0.15, 0.2) is 0 Å². The first-order valence-corrected chi connectivity index (χ1v) is 7.52. The smallest absolute Gasteiger partial charge is 0.127 e. The Bertz CT molecular complexity index is 591. The Balaban J connectivity index is 1.58. The van der Waals surface area contributed by atoms with Crippen molar-refractivity contribution in [1.29, 1.82) is 0 Å². The zero-order valence-electron chi connectivity index (χ0n) is 11.9. The molecular weight excluding hydrogens is 284 g/mol. The van der Waals surface area contributed by atoms with Crippen molar-refractivity contribution in [3.8, 4) is 0 Å². The largest absolute Gasteiger partial charge is 0.383 e. The highest BCUT2D eigenvalue weighted by Crippen LogP contribution is 2.20. The molecule has 1 saturated heterocycles. The number of benzene rings is 1. The van der Waals surface area contributed by atoms with Crippen LogP contribution in [0.15, 0.2) is 42.6 Å². The van der Waals surface area contributed by atoms with E-state index in [2.05, 4.69) is 26.9 Å². The molecule has 2 aromatic rings. The Morgan fingerprint density at radius 1 is 1.05 bits per heavy atom. The highest BCUT2D eigenvalue weighted by atomic mass is 35.5. The second-order valence-corrected chi connectivity index (χ2v) is 5.72. The zero-order valence-corrected chi connectivity index (χ0v) is 12.6. The third-order valence-corrected chi connectivity index (χ3v) is 4.14. The minimum absolute atomic E-state index is 0.637. The van der Waals surface area contributed by atoms with Gasteiger partial charge in [-0.3, -0.25) is 4.90 Å². The van der Waals surface area contributed by atoms with E-state index in [9.17, 15) is 0 Å². The Kier molecular flexibility index (Phi) is 4.27. The number of halogens is 1. The molecular formula is C16H19ClN4. The van der Waals surface area contributed by atoms with Crippen molar-refractivity contribution < 1.29 is 0 Å². The average Bonchev–Trinajstić information content (AvgIpc) is 2.51. The summed E-state index contributed by atoms with van der Waals surface area (Å²) in [6, 6.07) is 12.0. The van der Waals surface area contributed by atoms with Gasteiger partial charge in [-0.1, -0.05) is 17.7 Å². The van der Waals surface area contributed by atoms with Crippen LogP contribution in [0.3, 0.4) is 0 Å². The van der Waals surface area contributed by atoms with E-state index in [1.807, 2.05) is 24.3 Å². The van der Waals surface area contributed by atoms with Crippen LogP contribution in [0.25, 0.3) is 0 Å². The van der Waals surface area contributed by atoms with E-state index < -0.39 is 0 Å². The first-order valence-electron chi connectivity index (χ1n) is 7.14. The van der Waals surface area contributed by atoms with Crippen molar-refractivity contribution in [2.24, 2.45) is 0 Å². The van der Waals surface area contributed by atoms with Crippen molar-refractivity contribution in [2.75, 3.05) is 36.8 Å². The summed E-state index contributed by atoms with van der Waals surface area (Å²) in [6.45, 7) is 4.95. The van der Waals surface area contributed by atoms with Gasteiger partial charge in [-0.2, -0.15) is 0 Å². The monoisotopic (exact) mass is 302 g/mol. The van der Waals surface area contributed by atoms with Crippen LogP contribution in [0.5, 0.6) is 0 Å². The number of pyridine rings is 1. The van der Waals surface area contributed by atoms with E-state index in [1.54, 1.807) is 6.20 Å². The van der Waals surface area contributed by atoms with Crippen molar-refractivity contribution in [2.45, 2.75) is 6.54 Å². The number of nitrogen functional groups attached to an aromatic ring is 1. The van der Waals surface area contributed by atoms with Gasteiger partial charge in [-0.05, 0) is 30.3 Å². The third kappa shape index (κ3) is 3.46. The van der Waals surface area contributed by atoms with Crippen molar-refractivity contribution in [3.05, 3.63) is 53.2 Å². The molecule has 0 saturated carbocycles. The van der Waals surface area contributed by atoms with Gasteiger partial charge >= 0.3 is 0 Å². The summed E-state index contributed by atoms with van der Waals surface area (Å²) < 4.78 is 0. The predicted octanol–water partition coefficient (Wildman–Crippen LogP) is 2.64. The average molecular weight is 303 g/mol. The molecule has 0 aliphatic carbocycles. The number of hydrogen-bond acceptors (Lipinski definition) is 4. The normalized spacial score (nSPS) is 16.1. The van der Waals surface area contributed by atoms with E-state index in [0.29, 0.717) is 5.82 Å². The Hall–Kier alpha value is -1.78. The van der Waals surface area contributed by atoms with Crippen LogP contribution in [-0.2, 0) is 6.54 Å². The maximum absolute atomic E-state index is 5.93. The standard InChI is InChI=1S/C16H19ClN4/c17-14-3-5-15(6-4-14)21-10-8-20(9-11-21)12-13-2-1-7-19-16(13)18/h1-7H,8-12H2,(H2,18,19). The minimum Gasteiger partial charge on any atom is -0.383 e. The van der Waals surface area contributed by atoms with Crippen molar-refractivity contribution in [3.63, 3.8) is 0 Å². The van der Waals surface area contributed by atoms with Gasteiger partial charge in [0.2, 0.25) is 0 Å². The molecule has 21 heavy (non-hydrogen) atoms. The van der Waals surface area contributed by atoms with E-state index >= 15 is 0 Å². The lowest BCUT2D eigenvalue weighted by Crippen LogP contribution is -2.46. The SMILES string of the molecule is Nc1ncccc1CN1CCN(c2ccc(Cl)cc2)CC1. The van der Waals surface area contributed by atoms with Gasteiger partial charge in [-0.25, -0.2) is 4.98 Å². The second kappa shape index (κ2) is 6.33. The summed E-state index contributed by atoms with van der Waals surface area (Å²) in [5, 5.41) is 0.782. The molecule has 0 spiro atoms. The Morgan fingerprint density at radius 3 is 2.43 bits per heavy atom. The Labute approximate surface area is 130 Å². The van der Waals surface area contributed by atoms with Crippen LogP contribution >= 0.6 is 11.6 Å². The molecule has 1 aliphatic rings. The van der Waals surface area contributed by atoms with Gasteiger partial charge in [0.25, 0.3) is 0 Å². The molecule has 4 nitrogen and oxygen atoms in total.